The summed E-state index contributed by atoms with van der Waals surface area (Å²) in [5.74, 6) is 4.73. The van der Waals surface area contributed by atoms with Crippen molar-refractivity contribution in [3.63, 3.8) is 0 Å². The Kier molecular flexibility index (Phi) is 6.57. The summed E-state index contributed by atoms with van der Waals surface area (Å²) in [4.78, 5) is 22.8. The van der Waals surface area contributed by atoms with Crippen LogP contribution in [0.4, 0.5) is 11.4 Å². The maximum Gasteiger partial charge on any atom is 0.306 e. The zero-order chi connectivity index (χ0) is 15.8. The van der Waals surface area contributed by atoms with Crippen LogP contribution in [-0.4, -0.2) is 30.6 Å². The van der Waals surface area contributed by atoms with Gasteiger partial charge in [-0.2, -0.15) is 0 Å². The smallest absolute Gasteiger partial charge is 0.306 e. The first-order valence-electron chi connectivity index (χ1n) is 6.58. The minimum absolute atomic E-state index is 0.0346. The summed E-state index contributed by atoms with van der Waals surface area (Å²) in [6.45, 7) is 2.33. The van der Waals surface area contributed by atoms with Gasteiger partial charge in [0.1, 0.15) is 11.3 Å². The van der Waals surface area contributed by atoms with Crippen molar-refractivity contribution in [3.05, 3.63) is 33.9 Å². The molecule has 0 saturated heterocycles. The second-order valence-electron chi connectivity index (χ2n) is 4.52. The number of hydrogen-bond donors (Lipinski definition) is 3. The van der Waals surface area contributed by atoms with Crippen molar-refractivity contribution < 1.29 is 14.5 Å². The zero-order valence-electron chi connectivity index (χ0n) is 12.1. The Morgan fingerprint density at radius 3 is 2.76 bits per heavy atom. The van der Waals surface area contributed by atoms with Crippen molar-refractivity contribution in [2.24, 2.45) is 5.84 Å². The van der Waals surface area contributed by atoms with Gasteiger partial charge < -0.3 is 15.5 Å². The lowest BCUT2D eigenvalue weighted by atomic mass is 10.1. The van der Waals surface area contributed by atoms with E-state index >= 15 is 0 Å². The van der Waals surface area contributed by atoms with Crippen molar-refractivity contribution in [3.8, 4) is 0 Å². The van der Waals surface area contributed by atoms with E-state index in [9.17, 15) is 14.9 Å². The standard InChI is InChI=1S/C13H20N4O4/c1-3-5-9(8-21-2)15-13(18)10-6-4-7-11(16-14)12(10)17(19)20/h4,6-7,9,16H,3,5,8,14H2,1-2H3,(H,15,18). The number of hydrogen-bond acceptors (Lipinski definition) is 6. The third-order valence-electron chi connectivity index (χ3n) is 2.96. The van der Waals surface area contributed by atoms with Crippen molar-refractivity contribution in [1.82, 2.24) is 5.32 Å². The lowest BCUT2D eigenvalue weighted by Crippen LogP contribution is -2.38. The number of nitrogens with one attached hydrogen (secondary N) is 2. The van der Waals surface area contributed by atoms with Gasteiger partial charge in [0.05, 0.1) is 17.6 Å². The highest BCUT2D eigenvalue weighted by Gasteiger charge is 2.25. The molecule has 8 heteroatoms. The van der Waals surface area contributed by atoms with E-state index in [1.54, 1.807) is 0 Å². The molecule has 0 bridgehead atoms. The molecule has 0 aliphatic carbocycles. The van der Waals surface area contributed by atoms with E-state index < -0.39 is 10.8 Å². The molecular formula is C13H20N4O4. The Hall–Kier alpha value is -2.19. The molecule has 1 unspecified atom stereocenters. The maximum absolute atomic E-state index is 12.3. The molecular weight excluding hydrogens is 276 g/mol. The molecule has 0 saturated carbocycles. The number of nitrogens with zero attached hydrogens (tertiary/aromatic N) is 1. The number of nitrogen functional groups attached to an aromatic ring is 1. The van der Waals surface area contributed by atoms with E-state index in [-0.39, 0.29) is 23.0 Å². The number of rotatable bonds is 8. The van der Waals surface area contributed by atoms with Crippen LogP contribution in [0.1, 0.15) is 30.1 Å². The Morgan fingerprint density at radius 1 is 1.52 bits per heavy atom. The fraction of sp³-hybridized carbons (Fsp3) is 0.462. The van der Waals surface area contributed by atoms with Gasteiger partial charge in [0.25, 0.3) is 5.91 Å². The van der Waals surface area contributed by atoms with Crippen molar-refractivity contribution in [1.29, 1.82) is 0 Å². The van der Waals surface area contributed by atoms with Gasteiger partial charge in [0.2, 0.25) is 0 Å². The first-order chi connectivity index (χ1) is 10.0. The molecule has 0 heterocycles. The summed E-state index contributed by atoms with van der Waals surface area (Å²) in [6, 6.07) is 4.17. The van der Waals surface area contributed by atoms with Crippen LogP contribution in [0.15, 0.2) is 18.2 Å². The van der Waals surface area contributed by atoms with Gasteiger partial charge in [-0.15, -0.1) is 0 Å². The number of nitrogens with two attached hydrogens (primary N) is 1. The van der Waals surface area contributed by atoms with Crippen LogP contribution in [0.2, 0.25) is 0 Å². The van der Waals surface area contributed by atoms with Crippen LogP contribution in [0.3, 0.4) is 0 Å². The van der Waals surface area contributed by atoms with Crippen LogP contribution in [-0.2, 0) is 4.74 Å². The highest BCUT2D eigenvalue weighted by Crippen LogP contribution is 2.27. The summed E-state index contributed by atoms with van der Waals surface area (Å²) < 4.78 is 5.03. The molecule has 1 atom stereocenters. The van der Waals surface area contributed by atoms with Crippen molar-refractivity contribution in [2.75, 3.05) is 19.1 Å². The first-order valence-corrected chi connectivity index (χ1v) is 6.58. The average molecular weight is 296 g/mol. The van der Waals surface area contributed by atoms with Gasteiger partial charge in [0.15, 0.2) is 0 Å². The molecule has 0 radical (unpaired) electrons. The van der Waals surface area contributed by atoms with Gasteiger partial charge in [0, 0.05) is 7.11 Å². The molecule has 0 spiro atoms. The highest BCUT2D eigenvalue weighted by molar-refractivity contribution is 6.00. The van der Waals surface area contributed by atoms with Gasteiger partial charge in [-0.05, 0) is 18.6 Å². The van der Waals surface area contributed by atoms with Crippen LogP contribution in [0, 0.1) is 10.1 Å². The Morgan fingerprint density at radius 2 is 2.24 bits per heavy atom. The van der Waals surface area contributed by atoms with Crippen molar-refractivity contribution in [2.45, 2.75) is 25.8 Å². The zero-order valence-corrected chi connectivity index (χ0v) is 12.1. The molecule has 1 aromatic carbocycles. The third kappa shape index (κ3) is 4.40. The average Bonchev–Trinajstić information content (AvgIpc) is 2.46. The molecule has 0 aromatic heterocycles. The third-order valence-corrected chi connectivity index (χ3v) is 2.96. The molecule has 21 heavy (non-hydrogen) atoms. The second-order valence-corrected chi connectivity index (χ2v) is 4.52. The number of carbonyl (C=O) groups is 1. The Labute approximate surface area is 122 Å². The number of benzene rings is 1. The normalized spacial score (nSPS) is 11.8. The lowest BCUT2D eigenvalue weighted by Gasteiger charge is -2.17. The monoisotopic (exact) mass is 296 g/mol. The topological polar surface area (TPSA) is 120 Å². The van der Waals surface area contributed by atoms with E-state index in [1.807, 2.05) is 6.92 Å². The van der Waals surface area contributed by atoms with Gasteiger partial charge in [-0.3, -0.25) is 20.8 Å². The predicted molar refractivity (Wildman–Crippen MR) is 78.9 cm³/mol. The largest absolute Gasteiger partial charge is 0.383 e. The molecule has 1 amide bonds. The minimum Gasteiger partial charge on any atom is -0.383 e. The molecule has 0 aliphatic heterocycles. The summed E-state index contributed by atoms with van der Waals surface area (Å²) in [5.41, 5.74) is 1.94. The van der Waals surface area contributed by atoms with E-state index in [1.165, 1.54) is 25.3 Å². The van der Waals surface area contributed by atoms with Crippen LogP contribution in [0.25, 0.3) is 0 Å². The molecule has 1 aromatic rings. The molecule has 4 N–H and O–H groups in total. The molecule has 0 aliphatic rings. The number of nitro benzene ring substituents is 1. The number of methoxy groups -OCH3 is 1. The van der Waals surface area contributed by atoms with Gasteiger partial charge in [-0.1, -0.05) is 19.4 Å². The van der Waals surface area contributed by atoms with Crippen LogP contribution >= 0.6 is 0 Å². The number of para-hydroxylation sites is 1. The predicted octanol–water partition coefficient (Wildman–Crippen LogP) is 1.43. The summed E-state index contributed by atoms with van der Waals surface area (Å²) >= 11 is 0. The Bertz CT molecular complexity index is 501. The molecule has 116 valence electrons. The van der Waals surface area contributed by atoms with Crippen LogP contribution in [0.5, 0.6) is 0 Å². The maximum atomic E-state index is 12.3. The number of hydrazine groups is 1. The van der Waals surface area contributed by atoms with Crippen LogP contribution < -0.4 is 16.6 Å². The summed E-state index contributed by atoms with van der Waals surface area (Å²) in [6.07, 6.45) is 1.59. The van der Waals surface area contributed by atoms with Gasteiger partial charge in [-0.25, -0.2) is 0 Å². The quantitative estimate of drug-likeness (QED) is 0.379. The van der Waals surface area contributed by atoms with E-state index in [2.05, 4.69) is 10.7 Å². The van der Waals surface area contributed by atoms with E-state index in [4.69, 9.17) is 10.6 Å². The van der Waals surface area contributed by atoms with E-state index in [0.29, 0.717) is 6.61 Å². The molecule has 1 rings (SSSR count). The number of carbonyl (C=O) groups excluding carboxylic acids is 1. The number of anilines is 1. The number of amides is 1. The lowest BCUT2D eigenvalue weighted by molar-refractivity contribution is -0.384. The highest BCUT2D eigenvalue weighted by atomic mass is 16.6. The van der Waals surface area contributed by atoms with Gasteiger partial charge >= 0.3 is 5.69 Å². The SMILES string of the molecule is CCCC(COC)NC(=O)c1cccc(NN)c1[N+](=O)[O-]. The second kappa shape index (κ2) is 8.18. The molecule has 0 fully saturated rings. The fourth-order valence-corrected chi connectivity index (χ4v) is 2.05. The summed E-state index contributed by atoms with van der Waals surface area (Å²) in [5, 5.41) is 13.9. The van der Waals surface area contributed by atoms with Crippen molar-refractivity contribution >= 4 is 17.3 Å². The summed E-state index contributed by atoms with van der Waals surface area (Å²) in [7, 11) is 1.54. The number of nitro groups is 1. The van der Waals surface area contributed by atoms with E-state index in [0.717, 1.165) is 12.8 Å². The molecule has 8 nitrogen and oxygen atoms in total. The first kappa shape index (κ1) is 16.9. The number of ether oxygens (including phenoxy) is 1. The Balaban J connectivity index is 3.03. The fourth-order valence-electron chi connectivity index (χ4n) is 2.05. The minimum atomic E-state index is -0.630.